The fourth-order valence-electron chi connectivity index (χ4n) is 12.7. The van der Waals surface area contributed by atoms with Crippen LogP contribution >= 0.6 is 0 Å². The van der Waals surface area contributed by atoms with Gasteiger partial charge in [-0.25, -0.2) is 0 Å². The minimum Gasteiger partial charge on any atom is -0.481 e. The van der Waals surface area contributed by atoms with Crippen LogP contribution in [0.1, 0.15) is 125 Å². The summed E-state index contributed by atoms with van der Waals surface area (Å²) in [5.74, 6) is 2.25. The number of carboxylic acids is 1. The Kier molecular flexibility index (Phi) is 7.22. The number of allylic oxidation sites excluding steroid dienone is 4. The topological polar surface area (TPSA) is 69.6 Å². The van der Waals surface area contributed by atoms with Crippen molar-refractivity contribution in [1.82, 2.24) is 5.32 Å². The molecule has 0 aliphatic heterocycles. The molecule has 0 amide bonds. The van der Waals surface area contributed by atoms with Crippen LogP contribution in [0.5, 0.6) is 0 Å². The van der Waals surface area contributed by atoms with Crippen molar-refractivity contribution in [1.29, 1.82) is 0 Å². The van der Waals surface area contributed by atoms with Crippen molar-refractivity contribution in [3.8, 4) is 0 Å². The molecule has 3 N–H and O–H groups in total. The summed E-state index contributed by atoms with van der Waals surface area (Å²) in [5, 5.41) is 23.0. The van der Waals surface area contributed by atoms with Gasteiger partial charge in [0.05, 0.1) is 5.92 Å². The van der Waals surface area contributed by atoms with Gasteiger partial charge in [-0.05, 0) is 146 Å². The SMILES string of the molecule is CC1(C)C(C2=CCC(C(=O)O)CC2)=CC[C@@]2(C)C1CC[C@]1(C)C2CCC2[C@H]3CCCC3(NCCCO)CC[C@]21C. The molecule has 224 valence electrons. The third-order valence-corrected chi connectivity index (χ3v) is 14.9. The van der Waals surface area contributed by atoms with Gasteiger partial charge in [-0.15, -0.1) is 0 Å². The van der Waals surface area contributed by atoms with Gasteiger partial charge in [0.15, 0.2) is 0 Å². The van der Waals surface area contributed by atoms with Gasteiger partial charge in [-0.3, -0.25) is 4.79 Å². The number of fused-ring (bicyclic) bond motifs is 7. The lowest BCUT2D eigenvalue weighted by Crippen LogP contribution is -2.67. The molecule has 4 heteroatoms. The molecule has 0 spiro atoms. The molecule has 0 aromatic carbocycles. The Morgan fingerprint density at radius 1 is 0.900 bits per heavy atom. The van der Waals surface area contributed by atoms with Crippen LogP contribution in [0.3, 0.4) is 0 Å². The van der Waals surface area contributed by atoms with Gasteiger partial charge in [-0.1, -0.05) is 53.2 Å². The molecule has 0 saturated heterocycles. The lowest BCUT2D eigenvalue weighted by atomic mass is 9.33. The van der Waals surface area contributed by atoms with Crippen molar-refractivity contribution in [3.05, 3.63) is 23.3 Å². The summed E-state index contributed by atoms with van der Waals surface area (Å²) in [6.07, 6.45) is 21.6. The zero-order chi connectivity index (χ0) is 28.6. The highest BCUT2D eigenvalue weighted by Crippen LogP contribution is 2.76. The molecule has 0 aromatic heterocycles. The van der Waals surface area contributed by atoms with Crippen molar-refractivity contribution in [2.24, 2.45) is 51.2 Å². The molecule has 0 heterocycles. The van der Waals surface area contributed by atoms with Crippen LogP contribution < -0.4 is 5.32 Å². The molecular formula is C36H57NO3. The fraction of sp³-hybridized carbons (Fsp3) is 0.861. The Morgan fingerprint density at radius 3 is 2.40 bits per heavy atom. The predicted octanol–water partition coefficient (Wildman–Crippen LogP) is 7.91. The molecule has 4 saturated carbocycles. The molecule has 6 rings (SSSR count). The second kappa shape index (κ2) is 9.97. The van der Waals surface area contributed by atoms with Crippen LogP contribution in [-0.2, 0) is 4.79 Å². The first-order valence-electron chi connectivity index (χ1n) is 16.9. The summed E-state index contributed by atoms with van der Waals surface area (Å²) < 4.78 is 0. The summed E-state index contributed by atoms with van der Waals surface area (Å²) in [5.41, 5.74) is 4.58. The maximum Gasteiger partial charge on any atom is 0.306 e. The summed E-state index contributed by atoms with van der Waals surface area (Å²) in [7, 11) is 0. The number of carboxylic acid groups (broad SMARTS) is 1. The standard InChI is InChI=1S/C36H57NO3/c1-32(2)26(24-9-11-25(12-10-24)31(39)40)15-18-33(3)29(32)16-19-35(5)30(33)14-13-27-28-8-6-17-36(28,37-22-7-23-38)21-20-34(27,35)4/h9,15,25,27-30,37-38H,6-8,10-14,16-23H2,1-5H3,(H,39,40)/t25?,27?,28-,29?,30?,33+,34-,35-,36?/m1/s1. The maximum absolute atomic E-state index is 11.6. The number of carbonyl (C=O) groups is 1. The molecule has 0 aromatic rings. The summed E-state index contributed by atoms with van der Waals surface area (Å²) >= 11 is 0. The first-order chi connectivity index (χ1) is 18.9. The second-order valence-electron chi connectivity index (χ2n) is 16.4. The van der Waals surface area contributed by atoms with Crippen molar-refractivity contribution in [2.75, 3.05) is 13.2 Å². The lowest BCUT2D eigenvalue weighted by molar-refractivity contribution is -0.218. The van der Waals surface area contributed by atoms with E-state index >= 15 is 0 Å². The quantitative estimate of drug-likeness (QED) is 0.293. The molecule has 4 nitrogen and oxygen atoms in total. The zero-order valence-electron chi connectivity index (χ0n) is 26.2. The molecule has 40 heavy (non-hydrogen) atoms. The molecule has 0 bridgehead atoms. The minimum absolute atomic E-state index is 0.137. The molecule has 9 atom stereocenters. The fourth-order valence-corrected chi connectivity index (χ4v) is 12.7. The maximum atomic E-state index is 11.6. The Hall–Kier alpha value is -1.13. The average molecular weight is 552 g/mol. The number of hydrogen-bond acceptors (Lipinski definition) is 3. The molecule has 6 aliphatic carbocycles. The largest absolute Gasteiger partial charge is 0.481 e. The van der Waals surface area contributed by atoms with Crippen LogP contribution in [0.4, 0.5) is 0 Å². The van der Waals surface area contributed by atoms with Crippen molar-refractivity contribution in [2.45, 2.75) is 130 Å². The highest BCUT2D eigenvalue weighted by Gasteiger charge is 2.69. The van der Waals surface area contributed by atoms with Gasteiger partial charge in [0.2, 0.25) is 0 Å². The van der Waals surface area contributed by atoms with E-state index in [-0.39, 0.29) is 11.3 Å². The van der Waals surface area contributed by atoms with E-state index in [2.05, 4.69) is 52.1 Å². The average Bonchev–Trinajstić information content (AvgIpc) is 3.33. The highest BCUT2D eigenvalue weighted by atomic mass is 16.4. The van der Waals surface area contributed by atoms with E-state index in [1.165, 1.54) is 69.8 Å². The highest BCUT2D eigenvalue weighted by molar-refractivity contribution is 5.70. The number of aliphatic hydroxyl groups is 1. The van der Waals surface area contributed by atoms with Crippen molar-refractivity contribution >= 4 is 5.97 Å². The van der Waals surface area contributed by atoms with Crippen LogP contribution in [0, 0.1) is 51.2 Å². The zero-order valence-corrected chi connectivity index (χ0v) is 26.2. The van der Waals surface area contributed by atoms with Gasteiger partial charge < -0.3 is 15.5 Å². The Balaban J connectivity index is 1.28. The van der Waals surface area contributed by atoms with E-state index in [0.29, 0.717) is 40.7 Å². The Bertz CT molecular complexity index is 1080. The summed E-state index contributed by atoms with van der Waals surface area (Å²) in [6, 6.07) is 0. The molecule has 6 aliphatic rings. The third kappa shape index (κ3) is 4.00. The minimum atomic E-state index is -0.631. The van der Waals surface area contributed by atoms with Crippen LogP contribution in [-0.4, -0.2) is 34.9 Å². The normalized spacial score (nSPS) is 47.7. The smallest absolute Gasteiger partial charge is 0.306 e. The number of aliphatic carboxylic acids is 1. The van der Waals surface area contributed by atoms with Crippen LogP contribution in [0.15, 0.2) is 23.3 Å². The third-order valence-electron chi connectivity index (χ3n) is 14.9. The van der Waals surface area contributed by atoms with Crippen molar-refractivity contribution < 1.29 is 15.0 Å². The van der Waals surface area contributed by atoms with Crippen LogP contribution in [0.25, 0.3) is 0 Å². The van der Waals surface area contributed by atoms with Gasteiger partial charge in [0.25, 0.3) is 0 Å². The van der Waals surface area contributed by atoms with E-state index in [0.717, 1.165) is 43.6 Å². The van der Waals surface area contributed by atoms with Gasteiger partial charge >= 0.3 is 5.97 Å². The second-order valence-corrected chi connectivity index (χ2v) is 16.4. The van der Waals surface area contributed by atoms with E-state index in [9.17, 15) is 15.0 Å². The van der Waals surface area contributed by atoms with Gasteiger partial charge in [-0.2, -0.15) is 0 Å². The summed E-state index contributed by atoms with van der Waals surface area (Å²) in [4.78, 5) is 11.6. The summed E-state index contributed by atoms with van der Waals surface area (Å²) in [6.45, 7) is 14.4. The number of hydrogen-bond donors (Lipinski definition) is 3. The first-order valence-corrected chi connectivity index (χ1v) is 16.9. The predicted molar refractivity (Wildman–Crippen MR) is 162 cm³/mol. The number of rotatable bonds is 6. The van der Waals surface area contributed by atoms with Crippen molar-refractivity contribution in [3.63, 3.8) is 0 Å². The Labute approximate surface area is 243 Å². The van der Waals surface area contributed by atoms with Gasteiger partial charge in [0.1, 0.15) is 0 Å². The van der Waals surface area contributed by atoms with E-state index in [1.807, 2.05) is 0 Å². The van der Waals surface area contributed by atoms with E-state index in [1.54, 1.807) is 5.57 Å². The molecule has 4 fully saturated rings. The molecule has 0 radical (unpaired) electrons. The van der Waals surface area contributed by atoms with Crippen LogP contribution in [0.2, 0.25) is 0 Å². The Morgan fingerprint density at radius 2 is 1.70 bits per heavy atom. The number of nitrogens with one attached hydrogen (secondary N) is 1. The molecular weight excluding hydrogens is 494 g/mol. The monoisotopic (exact) mass is 551 g/mol. The van der Waals surface area contributed by atoms with E-state index < -0.39 is 5.97 Å². The first kappa shape index (κ1) is 29.0. The lowest BCUT2D eigenvalue weighted by Gasteiger charge is -2.72. The molecule has 5 unspecified atom stereocenters. The van der Waals surface area contributed by atoms with E-state index in [4.69, 9.17) is 0 Å². The van der Waals surface area contributed by atoms with Gasteiger partial charge in [0, 0.05) is 12.1 Å². The number of aliphatic hydroxyl groups excluding tert-OH is 1.